The van der Waals surface area contributed by atoms with Gasteiger partial charge in [0.05, 0.1) is 28.1 Å². The predicted molar refractivity (Wildman–Crippen MR) is 218 cm³/mol. The van der Waals surface area contributed by atoms with Crippen LogP contribution in [0.3, 0.4) is 0 Å². The highest BCUT2D eigenvalue weighted by Crippen LogP contribution is 2.47. The highest BCUT2D eigenvalue weighted by atomic mass is 16.5. The van der Waals surface area contributed by atoms with Gasteiger partial charge in [-0.3, -0.25) is 4.57 Å². The Morgan fingerprint density at radius 1 is 0.585 bits per heavy atom. The van der Waals surface area contributed by atoms with E-state index >= 15 is 0 Å². The number of benzene rings is 4. The minimum Gasteiger partial charge on any atom is -0.457 e. The highest BCUT2D eigenvalue weighted by molar-refractivity contribution is 6.09. The summed E-state index contributed by atoms with van der Waals surface area (Å²) in [5.41, 5.74) is 14.1. The van der Waals surface area contributed by atoms with Crippen molar-refractivity contribution in [3.8, 4) is 34.1 Å². The van der Waals surface area contributed by atoms with Crippen LogP contribution in [0.4, 0.5) is 0 Å². The smallest absolute Gasteiger partial charge is 0.137 e. The van der Waals surface area contributed by atoms with E-state index in [-0.39, 0.29) is 0 Å². The van der Waals surface area contributed by atoms with Crippen molar-refractivity contribution < 1.29 is 4.74 Å². The molecule has 0 N–H and O–H groups in total. The molecule has 268 valence electrons. The number of aryl methyl sites for hydroxylation is 4. The summed E-state index contributed by atoms with van der Waals surface area (Å²) in [6, 6.07) is 32.6. The molecule has 4 aromatic carbocycles. The molecule has 0 aliphatic heterocycles. The summed E-state index contributed by atoms with van der Waals surface area (Å²) in [5.74, 6) is 3.49. The van der Waals surface area contributed by atoms with Crippen LogP contribution in [0.1, 0.15) is 110 Å². The lowest BCUT2D eigenvalue weighted by atomic mass is 9.78. The molecular weight excluding hydrogens is 649 g/mol. The summed E-state index contributed by atoms with van der Waals surface area (Å²) < 4.78 is 11.4. The average molecular weight is 699 g/mol. The van der Waals surface area contributed by atoms with E-state index in [9.17, 15) is 0 Å². The van der Waals surface area contributed by atoms with Crippen LogP contribution in [0.5, 0.6) is 11.5 Å². The van der Waals surface area contributed by atoms with Crippen molar-refractivity contribution in [2.24, 2.45) is 0 Å². The molecular formula is C48H50N4O. The van der Waals surface area contributed by atoms with Gasteiger partial charge in [-0.1, -0.05) is 80.5 Å². The number of para-hydroxylation sites is 1. The first-order valence-electron chi connectivity index (χ1n) is 19.9. The molecule has 9 rings (SSSR count). The van der Waals surface area contributed by atoms with Crippen LogP contribution < -0.4 is 4.74 Å². The van der Waals surface area contributed by atoms with Crippen molar-refractivity contribution in [1.29, 1.82) is 0 Å². The molecule has 53 heavy (non-hydrogen) atoms. The monoisotopic (exact) mass is 698 g/mol. The summed E-state index contributed by atoms with van der Waals surface area (Å²) in [4.78, 5) is 4.78. The Balaban J connectivity index is 1.17. The Hall–Kier alpha value is -5.16. The number of fused-ring (bicyclic) bond motifs is 3. The molecule has 0 spiro atoms. The van der Waals surface area contributed by atoms with Crippen LogP contribution in [0.25, 0.3) is 44.4 Å². The second-order valence-electron chi connectivity index (χ2n) is 15.8. The summed E-state index contributed by atoms with van der Waals surface area (Å²) in [7, 11) is 0. The lowest BCUT2D eigenvalue weighted by Crippen LogP contribution is -2.12. The Morgan fingerprint density at radius 2 is 1.28 bits per heavy atom. The van der Waals surface area contributed by atoms with E-state index in [0.29, 0.717) is 11.8 Å². The van der Waals surface area contributed by atoms with Gasteiger partial charge in [0, 0.05) is 46.5 Å². The van der Waals surface area contributed by atoms with E-state index in [0.717, 1.165) is 34.0 Å². The van der Waals surface area contributed by atoms with Gasteiger partial charge >= 0.3 is 0 Å². The van der Waals surface area contributed by atoms with Gasteiger partial charge < -0.3 is 4.74 Å². The molecule has 0 bridgehead atoms. The molecule has 0 amide bonds. The van der Waals surface area contributed by atoms with E-state index in [4.69, 9.17) is 14.8 Å². The molecule has 0 saturated heterocycles. The lowest BCUT2D eigenvalue weighted by Gasteiger charge is -2.26. The van der Waals surface area contributed by atoms with Gasteiger partial charge in [0.25, 0.3) is 0 Å². The Labute approximate surface area is 313 Å². The molecule has 0 unspecified atom stereocenters. The Bertz CT molecular complexity index is 2430. The van der Waals surface area contributed by atoms with Crippen molar-refractivity contribution in [3.63, 3.8) is 0 Å². The normalized spacial score (nSPS) is 15.8. The first-order valence-corrected chi connectivity index (χ1v) is 19.9. The molecule has 7 aromatic rings. The summed E-state index contributed by atoms with van der Waals surface area (Å²) in [5, 5.41) is 8.07. The number of pyridine rings is 1. The van der Waals surface area contributed by atoms with E-state index in [2.05, 4.69) is 122 Å². The van der Waals surface area contributed by atoms with Crippen LogP contribution in [0.2, 0.25) is 0 Å². The standard InChI is InChI=1S/C48H50N4O/c1-31-24-25-49-44(28-31)51-42-21-12-11-20-40(42)41-23-22-39(30-43(41)51)53-38-19-13-18-37(29-38)52-48(36-16-9-6-10-17-36)46(45-33(3)26-32(2)27-34(45)4)47(50-52)35-14-7-5-8-15-35/h11-13,18-30,35-36H,5-10,14-17H2,1-4H3. The third kappa shape index (κ3) is 6.24. The predicted octanol–water partition coefficient (Wildman–Crippen LogP) is 13.2. The molecule has 3 aromatic heterocycles. The van der Waals surface area contributed by atoms with E-state index < -0.39 is 0 Å². The maximum absolute atomic E-state index is 6.76. The summed E-state index contributed by atoms with van der Waals surface area (Å²) in [6.45, 7) is 8.95. The highest BCUT2D eigenvalue weighted by Gasteiger charge is 2.33. The Morgan fingerprint density at radius 3 is 2.04 bits per heavy atom. The molecule has 0 radical (unpaired) electrons. The minimum absolute atomic E-state index is 0.479. The molecule has 5 heteroatoms. The molecule has 2 aliphatic rings. The average Bonchev–Trinajstić information content (AvgIpc) is 3.72. The molecule has 0 atom stereocenters. The SMILES string of the molecule is Cc1ccnc(-n2c3ccccc3c3ccc(Oc4cccc(-n5nc(C6CCCCC6)c(-c6c(C)cc(C)cc6C)c5C5CCCCC5)c4)cc32)c1. The second kappa shape index (κ2) is 14.0. The quantitative estimate of drug-likeness (QED) is 0.166. The van der Waals surface area contributed by atoms with Gasteiger partial charge in [0.1, 0.15) is 17.3 Å². The number of hydrogen-bond donors (Lipinski definition) is 0. The van der Waals surface area contributed by atoms with Crippen LogP contribution in [0.15, 0.2) is 97.2 Å². The van der Waals surface area contributed by atoms with Crippen LogP contribution in [-0.4, -0.2) is 19.3 Å². The third-order valence-electron chi connectivity index (χ3n) is 11.9. The minimum atomic E-state index is 0.479. The molecule has 2 saturated carbocycles. The van der Waals surface area contributed by atoms with Gasteiger partial charge in [0.2, 0.25) is 0 Å². The van der Waals surface area contributed by atoms with E-state index in [1.807, 2.05) is 12.3 Å². The second-order valence-corrected chi connectivity index (χ2v) is 15.8. The van der Waals surface area contributed by atoms with Crippen molar-refractivity contribution in [2.75, 3.05) is 0 Å². The van der Waals surface area contributed by atoms with Crippen LogP contribution in [-0.2, 0) is 0 Å². The lowest BCUT2D eigenvalue weighted by molar-refractivity contribution is 0.428. The number of nitrogens with zero attached hydrogens (tertiary/aromatic N) is 4. The largest absolute Gasteiger partial charge is 0.457 e. The van der Waals surface area contributed by atoms with Crippen molar-refractivity contribution in [1.82, 2.24) is 19.3 Å². The van der Waals surface area contributed by atoms with Gasteiger partial charge in [-0.2, -0.15) is 5.10 Å². The first-order chi connectivity index (χ1) is 25.9. The zero-order chi connectivity index (χ0) is 36.1. The number of hydrogen-bond acceptors (Lipinski definition) is 3. The Kier molecular flexibility index (Phi) is 8.89. The fraction of sp³-hybridized carbons (Fsp3) is 0.333. The van der Waals surface area contributed by atoms with Gasteiger partial charge in [-0.05, 0) is 118 Å². The van der Waals surface area contributed by atoms with E-state index in [1.165, 1.54) is 120 Å². The number of aromatic nitrogens is 4. The molecule has 3 heterocycles. The van der Waals surface area contributed by atoms with Gasteiger partial charge in [-0.15, -0.1) is 0 Å². The first kappa shape index (κ1) is 33.7. The molecule has 2 aliphatic carbocycles. The van der Waals surface area contributed by atoms with Gasteiger partial charge in [0.15, 0.2) is 0 Å². The fourth-order valence-electron chi connectivity index (χ4n) is 9.61. The van der Waals surface area contributed by atoms with Gasteiger partial charge in [-0.25, -0.2) is 9.67 Å². The fourth-order valence-corrected chi connectivity index (χ4v) is 9.61. The number of ether oxygens (including phenoxy) is 1. The zero-order valence-corrected chi connectivity index (χ0v) is 31.7. The van der Waals surface area contributed by atoms with Crippen molar-refractivity contribution in [3.05, 3.63) is 131 Å². The van der Waals surface area contributed by atoms with Crippen molar-refractivity contribution in [2.45, 2.75) is 104 Å². The maximum atomic E-state index is 6.76. The summed E-state index contributed by atoms with van der Waals surface area (Å²) in [6.07, 6.45) is 14.5. The maximum Gasteiger partial charge on any atom is 0.137 e. The van der Waals surface area contributed by atoms with Crippen LogP contribution >= 0.6 is 0 Å². The van der Waals surface area contributed by atoms with Crippen molar-refractivity contribution >= 4 is 21.8 Å². The molecule has 5 nitrogen and oxygen atoms in total. The van der Waals surface area contributed by atoms with Crippen LogP contribution in [0, 0.1) is 27.7 Å². The number of rotatable bonds is 7. The zero-order valence-electron chi connectivity index (χ0n) is 31.7. The third-order valence-corrected chi connectivity index (χ3v) is 11.9. The topological polar surface area (TPSA) is 44.9 Å². The molecule has 2 fully saturated rings. The van der Waals surface area contributed by atoms with E-state index in [1.54, 1.807) is 0 Å². The summed E-state index contributed by atoms with van der Waals surface area (Å²) >= 11 is 0.